The third-order valence-corrected chi connectivity index (χ3v) is 3.66. The second kappa shape index (κ2) is 7.16. The Morgan fingerprint density at radius 1 is 1.32 bits per heavy atom. The second-order valence-electron chi connectivity index (χ2n) is 5.25. The van der Waals surface area contributed by atoms with E-state index >= 15 is 0 Å². The van der Waals surface area contributed by atoms with Gasteiger partial charge in [-0.1, -0.05) is 18.2 Å². The first-order valence-corrected chi connectivity index (χ1v) is 7.20. The van der Waals surface area contributed by atoms with Crippen LogP contribution in [0.15, 0.2) is 47.1 Å². The number of ether oxygens (including phenoxy) is 1. The largest absolute Gasteiger partial charge is 0.496 e. The molecule has 1 aromatic carbocycles. The van der Waals surface area contributed by atoms with Crippen LogP contribution in [0.3, 0.4) is 0 Å². The molecule has 0 aliphatic carbocycles. The molecule has 2 rings (SSSR count). The van der Waals surface area contributed by atoms with E-state index in [4.69, 9.17) is 14.9 Å². The van der Waals surface area contributed by atoms with Crippen molar-refractivity contribution < 1.29 is 32.2 Å². The van der Waals surface area contributed by atoms with Crippen molar-refractivity contribution in [3.8, 4) is 5.75 Å². The Morgan fingerprint density at radius 2 is 2.00 bits per heavy atom. The first-order valence-electron chi connectivity index (χ1n) is 7.20. The minimum absolute atomic E-state index is 0.104. The number of hydrogen-bond acceptors (Lipinski definition) is 5. The molecule has 0 spiro atoms. The summed E-state index contributed by atoms with van der Waals surface area (Å²) in [4.78, 5) is 12.3. The molecule has 25 heavy (non-hydrogen) atoms. The fraction of sp³-hybridized carbons (Fsp3) is 0.312. The normalized spacial score (nSPS) is 15.3. The number of furan rings is 1. The number of halogens is 3. The Balaban J connectivity index is 2.29. The number of hydrogen-bond donors (Lipinski definition) is 3. The Kier molecular flexibility index (Phi) is 5.39. The molecule has 0 radical (unpaired) electrons. The summed E-state index contributed by atoms with van der Waals surface area (Å²) in [5.74, 6) is -1.59. The Labute approximate surface area is 141 Å². The van der Waals surface area contributed by atoms with E-state index in [1.54, 1.807) is 0 Å². The van der Waals surface area contributed by atoms with Crippen molar-refractivity contribution in [2.24, 2.45) is 5.73 Å². The summed E-state index contributed by atoms with van der Waals surface area (Å²) >= 11 is 0. The lowest BCUT2D eigenvalue weighted by Gasteiger charge is -2.32. The molecule has 1 heterocycles. The van der Waals surface area contributed by atoms with Crippen molar-refractivity contribution in [2.45, 2.75) is 17.8 Å². The van der Waals surface area contributed by atoms with Gasteiger partial charge in [-0.25, -0.2) is 0 Å². The van der Waals surface area contributed by atoms with Crippen LogP contribution in [0, 0.1) is 0 Å². The Bertz CT molecular complexity index is 718. The third kappa shape index (κ3) is 3.62. The summed E-state index contributed by atoms with van der Waals surface area (Å²) in [6.45, 7) is -0.503. The van der Waals surface area contributed by atoms with Crippen LogP contribution in [0.1, 0.15) is 17.4 Å². The zero-order valence-corrected chi connectivity index (χ0v) is 13.2. The molecule has 1 amide bonds. The van der Waals surface area contributed by atoms with E-state index in [-0.39, 0.29) is 11.5 Å². The van der Waals surface area contributed by atoms with Crippen LogP contribution in [-0.4, -0.2) is 30.8 Å². The van der Waals surface area contributed by atoms with Crippen molar-refractivity contribution in [3.05, 3.63) is 54.0 Å². The van der Waals surface area contributed by atoms with Crippen molar-refractivity contribution in [1.82, 2.24) is 5.32 Å². The molecular formula is C16H17F3N2O4. The van der Waals surface area contributed by atoms with Gasteiger partial charge < -0.3 is 25.3 Å². The number of aliphatic hydroxyl groups excluding tert-OH is 1. The lowest BCUT2D eigenvalue weighted by molar-refractivity contribution is -0.195. The van der Waals surface area contributed by atoms with E-state index in [2.05, 4.69) is 0 Å². The number of nitrogens with one attached hydrogen (secondary N) is 1. The van der Waals surface area contributed by atoms with Gasteiger partial charge >= 0.3 is 6.18 Å². The maximum Gasteiger partial charge on any atom is 0.419 e. The topological polar surface area (TPSA) is 97.7 Å². The number of para-hydroxylation sites is 1. The van der Waals surface area contributed by atoms with Crippen LogP contribution in [0.25, 0.3) is 0 Å². The highest BCUT2D eigenvalue weighted by Gasteiger charge is 2.60. The highest BCUT2D eigenvalue weighted by molar-refractivity contribution is 5.89. The molecule has 0 unspecified atom stereocenters. The van der Waals surface area contributed by atoms with Crippen LogP contribution < -0.4 is 15.8 Å². The zero-order chi connectivity index (χ0) is 18.7. The molecule has 0 aliphatic rings. The average molecular weight is 358 g/mol. The van der Waals surface area contributed by atoms with Crippen molar-refractivity contribution in [3.63, 3.8) is 0 Å². The van der Waals surface area contributed by atoms with Gasteiger partial charge in [0.05, 0.1) is 19.9 Å². The molecule has 2 aromatic rings. The molecule has 0 bridgehead atoms. The lowest BCUT2D eigenvalue weighted by Crippen LogP contribution is -2.61. The first kappa shape index (κ1) is 18.8. The molecule has 0 saturated carbocycles. The number of benzene rings is 1. The molecular weight excluding hydrogens is 341 g/mol. The minimum atomic E-state index is -5.10. The first-order chi connectivity index (χ1) is 11.7. The highest BCUT2D eigenvalue weighted by atomic mass is 19.4. The zero-order valence-electron chi connectivity index (χ0n) is 13.2. The SMILES string of the molecule is COc1ccccc1[C@](N)(C(=O)NC[C@H](O)c1ccco1)C(F)(F)F. The molecule has 6 nitrogen and oxygen atoms in total. The summed E-state index contributed by atoms with van der Waals surface area (Å²) < 4.78 is 50.7. The molecule has 0 saturated heterocycles. The Hall–Kier alpha value is -2.52. The van der Waals surface area contributed by atoms with Gasteiger partial charge in [-0.3, -0.25) is 4.79 Å². The van der Waals surface area contributed by atoms with Gasteiger partial charge in [0.25, 0.3) is 5.91 Å². The molecule has 0 aliphatic heterocycles. The standard InChI is InChI=1S/C16H17F3N2O4/c1-24-12-6-3-2-5-10(12)15(20,16(17,18)19)14(23)21-9-11(22)13-7-4-8-25-13/h2-8,11,22H,9,20H2,1H3,(H,21,23)/t11-,15-/m0/s1. The number of amides is 1. The quantitative estimate of drug-likeness (QED) is 0.732. The van der Waals surface area contributed by atoms with Crippen LogP contribution >= 0.6 is 0 Å². The van der Waals surface area contributed by atoms with E-state index < -0.39 is 35.8 Å². The summed E-state index contributed by atoms with van der Waals surface area (Å²) in [6.07, 6.45) is -5.12. The summed E-state index contributed by atoms with van der Waals surface area (Å²) in [5, 5.41) is 11.9. The maximum absolute atomic E-state index is 13.6. The van der Waals surface area contributed by atoms with Gasteiger partial charge in [0.15, 0.2) is 0 Å². The highest BCUT2D eigenvalue weighted by Crippen LogP contribution is 2.41. The minimum Gasteiger partial charge on any atom is -0.496 e. The maximum atomic E-state index is 13.6. The van der Waals surface area contributed by atoms with Crippen LogP contribution in [0.5, 0.6) is 5.75 Å². The molecule has 0 fully saturated rings. The van der Waals surface area contributed by atoms with E-state index in [0.717, 1.165) is 6.07 Å². The summed E-state index contributed by atoms with van der Waals surface area (Å²) in [7, 11) is 1.17. The lowest BCUT2D eigenvalue weighted by atomic mass is 9.88. The van der Waals surface area contributed by atoms with Gasteiger partial charge in [-0.05, 0) is 18.2 Å². The van der Waals surface area contributed by atoms with Crippen LogP contribution in [0.2, 0.25) is 0 Å². The van der Waals surface area contributed by atoms with Crippen molar-refractivity contribution in [2.75, 3.05) is 13.7 Å². The van der Waals surface area contributed by atoms with Gasteiger partial charge in [0, 0.05) is 5.56 Å². The van der Waals surface area contributed by atoms with Crippen molar-refractivity contribution in [1.29, 1.82) is 0 Å². The van der Waals surface area contributed by atoms with Gasteiger partial charge in [-0.15, -0.1) is 0 Å². The number of carbonyl (C=O) groups excluding carboxylic acids is 1. The predicted octanol–water partition coefficient (Wildman–Crippen LogP) is 1.85. The Morgan fingerprint density at radius 3 is 2.56 bits per heavy atom. The van der Waals surface area contributed by atoms with Crippen LogP contribution in [-0.2, 0) is 10.3 Å². The summed E-state index contributed by atoms with van der Waals surface area (Å²) in [5.41, 5.74) is 1.62. The van der Waals surface area contributed by atoms with Gasteiger partial charge in [0.1, 0.15) is 17.6 Å². The molecule has 136 valence electrons. The number of nitrogens with two attached hydrogens (primary N) is 1. The number of aliphatic hydroxyl groups is 1. The smallest absolute Gasteiger partial charge is 0.419 e. The average Bonchev–Trinajstić information content (AvgIpc) is 3.12. The molecule has 4 N–H and O–H groups in total. The van der Waals surface area contributed by atoms with Crippen molar-refractivity contribution >= 4 is 5.91 Å². The van der Waals surface area contributed by atoms with E-state index in [1.165, 1.54) is 43.7 Å². The van der Waals surface area contributed by atoms with E-state index in [0.29, 0.717) is 0 Å². The number of carbonyl (C=O) groups is 1. The van der Waals surface area contributed by atoms with Gasteiger partial charge in [-0.2, -0.15) is 13.2 Å². The fourth-order valence-corrected chi connectivity index (χ4v) is 2.28. The third-order valence-electron chi connectivity index (χ3n) is 3.66. The fourth-order valence-electron chi connectivity index (χ4n) is 2.28. The molecule has 1 aromatic heterocycles. The summed E-state index contributed by atoms with van der Waals surface area (Å²) in [6, 6.07) is 8.03. The number of alkyl halides is 3. The van der Waals surface area contributed by atoms with Gasteiger partial charge in [0.2, 0.25) is 5.54 Å². The van der Waals surface area contributed by atoms with Crippen LogP contribution in [0.4, 0.5) is 13.2 Å². The van der Waals surface area contributed by atoms with E-state index in [1.807, 2.05) is 5.32 Å². The predicted molar refractivity (Wildman–Crippen MR) is 81.6 cm³/mol. The molecule has 9 heteroatoms. The van der Waals surface area contributed by atoms with E-state index in [9.17, 15) is 23.1 Å². The molecule has 2 atom stereocenters. The second-order valence-corrected chi connectivity index (χ2v) is 5.25. The number of rotatable bonds is 6. The number of methoxy groups -OCH3 is 1. The monoisotopic (exact) mass is 358 g/mol.